The molecule has 6 nitrogen and oxygen atoms in total. The summed E-state index contributed by atoms with van der Waals surface area (Å²) in [4.78, 5) is 26.3. The third-order valence-electron chi connectivity index (χ3n) is 5.01. The number of carbonyl (C=O) groups is 2. The minimum absolute atomic E-state index is 0.0537. The standard InChI is InChI=1S/C19H26N2O4/c1-13(25-12-16-8-4-5-9-24-16)19(23)21-11-15-7-3-2-6-14(15)10-17(21)18(20)22/h2-3,6-7,13,16-17H,4-5,8-12H2,1H3,(H2,20,22)/t13-,16-,17-/m0/s1. The zero-order valence-electron chi connectivity index (χ0n) is 14.6. The number of ether oxygens (including phenoxy) is 2. The molecule has 1 aromatic carbocycles. The molecule has 2 N–H and O–H groups in total. The van der Waals surface area contributed by atoms with E-state index in [0.717, 1.165) is 37.0 Å². The number of fused-ring (bicyclic) bond motifs is 1. The van der Waals surface area contributed by atoms with Crippen molar-refractivity contribution in [1.82, 2.24) is 4.90 Å². The molecule has 0 aliphatic carbocycles. The molecule has 0 saturated carbocycles. The van der Waals surface area contributed by atoms with E-state index in [1.54, 1.807) is 11.8 Å². The Bertz CT molecular complexity index is 628. The van der Waals surface area contributed by atoms with Gasteiger partial charge in [-0.05, 0) is 37.3 Å². The average molecular weight is 346 g/mol. The quantitative estimate of drug-likeness (QED) is 0.874. The number of amides is 2. The van der Waals surface area contributed by atoms with Gasteiger partial charge in [-0.3, -0.25) is 9.59 Å². The fourth-order valence-corrected chi connectivity index (χ4v) is 3.50. The Labute approximate surface area is 148 Å². The maximum absolute atomic E-state index is 12.8. The van der Waals surface area contributed by atoms with Gasteiger partial charge in [-0.25, -0.2) is 0 Å². The number of rotatable bonds is 5. The summed E-state index contributed by atoms with van der Waals surface area (Å²) in [5.41, 5.74) is 7.67. The topological polar surface area (TPSA) is 81.9 Å². The van der Waals surface area contributed by atoms with Crippen LogP contribution >= 0.6 is 0 Å². The van der Waals surface area contributed by atoms with Crippen molar-refractivity contribution in [1.29, 1.82) is 0 Å². The molecule has 1 aromatic rings. The Hall–Kier alpha value is -1.92. The van der Waals surface area contributed by atoms with Crippen LogP contribution in [0.25, 0.3) is 0 Å². The summed E-state index contributed by atoms with van der Waals surface area (Å²) in [6.45, 7) is 3.27. The maximum atomic E-state index is 12.8. The molecule has 2 amide bonds. The first-order valence-electron chi connectivity index (χ1n) is 8.96. The lowest BCUT2D eigenvalue weighted by molar-refractivity contribution is -0.152. The third-order valence-corrected chi connectivity index (χ3v) is 5.01. The molecule has 6 heteroatoms. The zero-order chi connectivity index (χ0) is 17.8. The van der Waals surface area contributed by atoms with Crippen molar-refractivity contribution >= 4 is 11.8 Å². The molecule has 25 heavy (non-hydrogen) atoms. The Kier molecular flexibility index (Phi) is 5.71. The number of benzene rings is 1. The summed E-state index contributed by atoms with van der Waals surface area (Å²) >= 11 is 0. The van der Waals surface area contributed by atoms with E-state index in [1.807, 2.05) is 24.3 Å². The van der Waals surface area contributed by atoms with Gasteiger partial charge in [0.25, 0.3) is 5.91 Å². The van der Waals surface area contributed by atoms with Gasteiger partial charge in [0.1, 0.15) is 12.1 Å². The molecule has 1 saturated heterocycles. The second-order valence-electron chi connectivity index (χ2n) is 6.82. The van der Waals surface area contributed by atoms with E-state index in [9.17, 15) is 9.59 Å². The molecule has 2 aliphatic heterocycles. The molecular formula is C19H26N2O4. The van der Waals surface area contributed by atoms with Crippen LogP contribution in [0.5, 0.6) is 0 Å². The second-order valence-corrected chi connectivity index (χ2v) is 6.82. The SMILES string of the molecule is C[C@H](OC[C@@H]1CCCCO1)C(=O)N1Cc2ccccc2C[C@H]1C(N)=O. The third kappa shape index (κ3) is 4.19. The van der Waals surface area contributed by atoms with E-state index in [-0.39, 0.29) is 12.0 Å². The molecule has 0 aromatic heterocycles. The van der Waals surface area contributed by atoms with E-state index in [2.05, 4.69) is 0 Å². The van der Waals surface area contributed by atoms with Crippen molar-refractivity contribution in [3.05, 3.63) is 35.4 Å². The summed E-state index contributed by atoms with van der Waals surface area (Å²) in [7, 11) is 0. The van der Waals surface area contributed by atoms with Crippen molar-refractivity contribution in [2.24, 2.45) is 5.73 Å². The average Bonchev–Trinajstić information content (AvgIpc) is 2.65. The van der Waals surface area contributed by atoms with Crippen molar-refractivity contribution in [3.63, 3.8) is 0 Å². The molecular weight excluding hydrogens is 320 g/mol. The van der Waals surface area contributed by atoms with Gasteiger partial charge in [0.2, 0.25) is 5.91 Å². The van der Waals surface area contributed by atoms with Crippen molar-refractivity contribution in [2.75, 3.05) is 13.2 Å². The molecule has 3 atom stereocenters. The van der Waals surface area contributed by atoms with Crippen LogP contribution in [0, 0.1) is 0 Å². The van der Waals surface area contributed by atoms with Crippen LogP contribution in [0.15, 0.2) is 24.3 Å². The first kappa shape index (κ1) is 17.9. The van der Waals surface area contributed by atoms with E-state index >= 15 is 0 Å². The Morgan fingerprint density at radius 3 is 2.76 bits per heavy atom. The molecule has 0 unspecified atom stereocenters. The highest BCUT2D eigenvalue weighted by Gasteiger charge is 2.35. The van der Waals surface area contributed by atoms with Gasteiger partial charge in [0.15, 0.2) is 0 Å². The fraction of sp³-hybridized carbons (Fsp3) is 0.579. The lowest BCUT2D eigenvalue weighted by Gasteiger charge is -2.36. The van der Waals surface area contributed by atoms with Gasteiger partial charge in [0.05, 0.1) is 12.7 Å². The summed E-state index contributed by atoms with van der Waals surface area (Å²) < 4.78 is 11.4. The fourth-order valence-electron chi connectivity index (χ4n) is 3.50. The molecule has 0 radical (unpaired) electrons. The van der Waals surface area contributed by atoms with Crippen LogP contribution in [0.2, 0.25) is 0 Å². The lowest BCUT2D eigenvalue weighted by atomic mass is 9.93. The summed E-state index contributed by atoms with van der Waals surface area (Å²) in [6.07, 6.45) is 3.05. The molecule has 2 aliphatic rings. The number of carbonyl (C=O) groups excluding carboxylic acids is 2. The second kappa shape index (κ2) is 7.97. The predicted molar refractivity (Wildman–Crippen MR) is 92.7 cm³/mol. The normalized spacial score (nSPS) is 24.4. The van der Waals surface area contributed by atoms with Crippen molar-refractivity contribution in [3.8, 4) is 0 Å². The monoisotopic (exact) mass is 346 g/mol. The highest BCUT2D eigenvalue weighted by atomic mass is 16.5. The van der Waals surface area contributed by atoms with Crippen LogP contribution in [0.4, 0.5) is 0 Å². The van der Waals surface area contributed by atoms with Gasteiger partial charge < -0.3 is 20.1 Å². The number of hydrogen-bond donors (Lipinski definition) is 1. The minimum Gasteiger partial charge on any atom is -0.376 e. The highest BCUT2D eigenvalue weighted by Crippen LogP contribution is 2.24. The van der Waals surface area contributed by atoms with Gasteiger partial charge in [-0.15, -0.1) is 0 Å². The molecule has 2 heterocycles. The van der Waals surface area contributed by atoms with Crippen molar-refractivity contribution in [2.45, 2.75) is 57.4 Å². The smallest absolute Gasteiger partial charge is 0.252 e. The molecule has 0 spiro atoms. The van der Waals surface area contributed by atoms with Crippen molar-refractivity contribution < 1.29 is 19.1 Å². The first-order chi connectivity index (χ1) is 12.1. The van der Waals surface area contributed by atoms with Crippen LogP contribution in [0.3, 0.4) is 0 Å². The van der Waals surface area contributed by atoms with Gasteiger partial charge in [-0.1, -0.05) is 24.3 Å². The Morgan fingerprint density at radius 2 is 2.08 bits per heavy atom. The molecule has 1 fully saturated rings. The maximum Gasteiger partial charge on any atom is 0.252 e. The lowest BCUT2D eigenvalue weighted by Crippen LogP contribution is -2.54. The van der Waals surface area contributed by atoms with E-state index in [4.69, 9.17) is 15.2 Å². The van der Waals surface area contributed by atoms with Gasteiger partial charge in [0, 0.05) is 19.6 Å². The summed E-state index contributed by atoms with van der Waals surface area (Å²) in [5, 5.41) is 0. The van der Waals surface area contributed by atoms with E-state index < -0.39 is 18.1 Å². The van der Waals surface area contributed by atoms with E-state index in [0.29, 0.717) is 19.6 Å². The van der Waals surface area contributed by atoms with Crippen LogP contribution < -0.4 is 5.73 Å². The first-order valence-corrected chi connectivity index (χ1v) is 8.96. The van der Waals surface area contributed by atoms with Crippen LogP contribution in [-0.2, 0) is 32.0 Å². The summed E-state index contributed by atoms with van der Waals surface area (Å²) in [5.74, 6) is -0.681. The number of hydrogen-bond acceptors (Lipinski definition) is 4. The summed E-state index contributed by atoms with van der Waals surface area (Å²) in [6, 6.07) is 7.21. The van der Waals surface area contributed by atoms with Crippen LogP contribution in [0.1, 0.15) is 37.3 Å². The largest absolute Gasteiger partial charge is 0.376 e. The number of primary amides is 1. The van der Waals surface area contributed by atoms with Crippen LogP contribution in [-0.4, -0.2) is 48.2 Å². The molecule has 0 bridgehead atoms. The van der Waals surface area contributed by atoms with E-state index in [1.165, 1.54) is 0 Å². The zero-order valence-corrected chi connectivity index (χ0v) is 14.6. The van der Waals surface area contributed by atoms with Gasteiger partial charge in [-0.2, -0.15) is 0 Å². The predicted octanol–water partition coefficient (Wildman–Crippen LogP) is 1.40. The molecule has 136 valence electrons. The Balaban J connectivity index is 1.65. The highest BCUT2D eigenvalue weighted by molar-refractivity contribution is 5.89. The number of nitrogens with zero attached hydrogens (tertiary/aromatic N) is 1. The van der Waals surface area contributed by atoms with Gasteiger partial charge >= 0.3 is 0 Å². The Morgan fingerprint density at radius 1 is 1.32 bits per heavy atom. The minimum atomic E-state index is -0.627. The molecule has 3 rings (SSSR count). The number of nitrogens with two attached hydrogens (primary N) is 1.